The number of carbonyl (C=O) groups is 1. The molecule has 0 atom stereocenters. The van der Waals surface area contributed by atoms with Crippen LogP contribution in [0.2, 0.25) is 0 Å². The number of amides is 1. The summed E-state index contributed by atoms with van der Waals surface area (Å²) in [5.74, 6) is -0.312. The smallest absolute Gasteiger partial charge is 0.228 e. The number of nitrogens with two attached hydrogens (primary N) is 1. The van der Waals surface area contributed by atoms with Crippen LogP contribution >= 0.6 is 0 Å². The average Bonchev–Trinajstić information content (AvgIpc) is 2.78. The van der Waals surface area contributed by atoms with E-state index in [0.29, 0.717) is 6.54 Å². The minimum Gasteiger partial charge on any atom is -0.330 e. The first kappa shape index (κ1) is 12.6. The molecule has 1 amide bonds. The second-order valence-electron chi connectivity index (χ2n) is 5.76. The molecule has 1 heterocycles. The zero-order valence-electron chi connectivity index (χ0n) is 11.0. The van der Waals surface area contributed by atoms with Crippen molar-refractivity contribution in [1.82, 2.24) is 0 Å². The van der Waals surface area contributed by atoms with Crippen LogP contribution in [0.25, 0.3) is 0 Å². The van der Waals surface area contributed by atoms with E-state index in [1.807, 2.05) is 0 Å². The van der Waals surface area contributed by atoms with Gasteiger partial charge in [0.1, 0.15) is 5.82 Å². The normalized spacial score (nSPS) is 21.1. The topological polar surface area (TPSA) is 55.1 Å². The largest absolute Gasteiger partial charge is 0.330 e. The molecule has 0 radical (unpaired) electrons. The van der Waals surface area contributed by atoms with Gasteiger partial charge < -0.3 is 11.1 Å². The van der Waals surface area contributed by atoms with E-state index < -0.39 is 0 Å². The highest BCUT2D eigenvalue weighted by molar-refractivity contribution is 6.00. The molecule has 2 aliphatic rings. The van der Waals surface area contributed by atoms with Gasteiger partial charge in [0, 0.05) is 17.6 Å². The monoisotopic (exact) mass is 262 g/mol. The predicted molar refractivity (Wildman–Crippen MR) is 72.6 cm³/mol. The number of rotatable bonds is 2. The van der Waals surface area contributed by atoms with Crippen LogP contribution in [0.4, 0.5) is 10.1 Å². The molecular weight excluding hydrogens is 243 g/mol. The van der Waals surface area contributed by atoms with E-state index in [4.69, 9.17) is 5.73 Å². The van der Waals surface area contributed by atoms with Crippen LogP contribution in [-0.2, 0) is 16.6 Å². The van der Waals surface area contributed by atoms with Gasteiger partial charge >= 0.3 is 0 Å². The van der Waals surface area contributed by atoms with E-state index in [9.17, 15) is 9.18 Å². The fourth-order valence-electron chi connectivity index (χ4n) is 3.54. The Balaban J connectivity index is 2.11. The Labute approximate surface area is 112 Å². The third kappa shape index (κ3) is 2.04. The molecule has 1 fully saturated rings. The van der Waals surface area contributed by atoms with Gasteiger partial charge in [0.05, 0.1) is 6.42 Å². The number of benzene rings is 1. The Hall–Kier alpha value is -1.42. The molecule has 1 aromatic carbocycles. The quantitative estimate of drug-likeness (QED) is 0.860. The molecule has 1 aliphatic carbocycles. The van der Waals surface area contributed by atoms with Crippen LogP contribution in [0.3, 0.4) is 0 Å². The van der Waals surface area contributed by atoms with Crippen molar-refractivity contribution in [2.75, 3.05) is 11.9 Å². The first-order valence-electron chi connectivity index (χ1n) is 6.97. The van der Waals surface area contributed by atoms with Crippen molar-refractivity contribution in [1.29, 1.82) is 0 Å². The lowest BCUT2D eigenvalue weighted by atomic mass is 9.68. The van der Waals surface area contributed by atoms with Gasteiger partial charge in [-0.15, -0.1) is 0 Å². The van der Waals surface area contributed by atoms with E-state index in [2.05, 4.69) is 5.32 Å². The van der Waals surface area contributed by atoms with E-state index in [1.165, 1.54) is 12.5 Å². The van der Waals surface area contributed by atoms with Crippen LogP contribution in [-0.4, -0.2) is 12.5 Å². The average molecular weight is 262 g/mol. The molecule has 0 aromatic heterocycles. The Morgan fingerprint density at radius 3 is 2.68 bits per heavy atom. The van der Waals surface area contributed by atoms with E-state index in [-0.39, 0.29) is 23.6 Å². The van der Waals surface area contributed by atoms with Crippen LogP contribution in [0.1, 0.15) is 43.2 Å². The summed E-state index contributed by atoms with van der Waals surface area (Å²) in [5, 5.41) is 2.89. The molecule has 1 aromatic rings. The van der Waals surface area contributed by atoms with Crippen molar-refractivity contribution in [2.45, 2.75) is 43.9 Å². The van der Waals surface area contributed by atoms with Gasteiger partial charge in [0.25, 0.3) is 0 Å². The predicted octanol–water partition coefficient (Wildman–Crippen LogP) is 2.48. The van der Waals surface area contributed by atoms with Gasteiger partial charge in [-0.25, -0.2) is 4.39 Å². The van der Waals surface area contributed by atoms with Gasteiger partial charge in [-0.05, 0) is 36.1 Å². The third-order valence-corrected chi connectivity index (χ3v) is 4.57. The molecule has 1 saturated carbocycles. The molecule has 0 saturated heterocycles. The zero-order valence-corrected chi connectivity index (χ0v) is 11.0. The lowest BCUT2D eigenvalue weighted by molar-refractivity contribution is -0.115. The van der Waals surface area contributed by atoms with Crippen LogP contribution < -0.4 is 11.1 Å². The molecule has 4 heteroatoms. The minimum atomic E-state index is -0.261. The molecule has 0 spiro atoms. The molecule has 3 nitrogen and oxygen atoms in total. The lowest BCUT2D eigenvalue weighted by Gasteiger charge is -2.38. The summed E-state index contributed by atoms with van der Waals surface area (Å²) in [7, 11) is 0. The number of nitrogens with one attached hydrogen (secondary N) is 1. The van der Waals surface area contributed by atoms with Gasteiger partial charge in [0.15, 0.2) is 0 Å². The summed E-state index contributed by atoms with van der Waals surface area (Å²) in [6.07, 6.45) is 5.70. The highest BCUT2D eigenvalue weighted by atomic mass is 19.1. The zero-order chi connectivity index (χ0) is 13.5. The standard InChI is InChI=1S/C15H19FN2O/c16-11-6-10-7-13(19)18-14(10)12(8-11)15(9-17)4-2-1-3-5-15/h6,8H,1-5,7,9,17H2,(H,18,19). The number of carbonyl (C=O) groups excluding carboxylic acids is 1. The molecule has 3 N–H and O–H groups in total. The van der Waals surface area contributed by atoms with Gasteiger partial charge in [-0.2, -0.15) is 0 Å². The maximum absolute atomic E-state index is 13.8. The van der Waals surface area contributed by atoms with Crippen molar-refractivity contribution >= 4 is 11.6 Å². The summed E-state index contributed by atoms with van der Waals surface area (Å²) in [4.78, 5) is 11.6. The van der Waals surface area contributed by atoms with Crippen molar-refractivity contribution in [3.8, 4) is 0 Å². The van der Waals surface area contributed by atoms with Crippen molar-refractivity contribution in [2.24, 2.45) is 5.73 Å². The lowest BCUT2D eigenvalue weighted by Crippen LogP contribution is -2.37. The first-order valence-corrected chi connectivity index (χ1v) is 6.97. The number of anilines is 1. The Morgan fingerprint density at radius 1 is 1.26 bits per heavy atom. The van der Waals surface area contributed by atoms with Gasteiger partial charge in [-0.1, -0.05) is 19.3 Å². The number of hydrogen-bond acceptors (Lipinski definition) is 2. The summed E-state index contributed by atoms with van der Waals surface area (Å²) < 4.78 is 13.8. The van der Waals surface area contributed by atoms with Crippen molar-refractivity contribution in [3.63, 3.8) is 0 Å². The SMILES string of the molecule is NCC1(c2cc(F)cc3c2NC(=O)C3)CCCCC1. The number of fused-ring (bicyclic) bond motifs is 1. The Morgan fingerprint density at radius 2 is 2.00 bits per heavy atom. The Kier molecular flexibility index (Phi) is 3.05. The summed E-state index contributed by atoms with van der Waals surface area (Å²) in [6.45, 7) is 0.513. The maximum atomic E-state index is 13.8. The second-order valence-corrected chi connectivity index (χ2v) is 5.76. The highest BCUT2D eigenvalue weighted by Gasteiger charge is 2.37. The summed E-state index contributed by atoms with van der Waals surface area (Å²) in [5.41, 5.74) is 8.36. The highest BCUT2D eigenvalue weighted by Crippen LogP contribution is 2.44. The minimum absolute atomic E-state index is 0.0511. The Bertz CT molecular complexity index is 521. The third-order valence-electron chi connectivity index (χ3n) is 4.57. The molecule has 0 bridgehead atoms. The van der Waals surface area contributed by atoms with Crippen molar-refractivity contribution in [3.05, 3.63) is 29.1 Å². The molecule has 1 aliphatic heterocycles. The molecule has 19 heavy (non-hydrogen) atoms. The van der Waals surface area contributed by atoms with E-state index >= 15 is 0 Å². The summed E-state index contributed by atoms with van der Waals surface area (Å²) >= 11 is 0. The fraction of sp³-hybridized carbons (Fsp3) is 0.533. The second kappa shape index (κ2) is 4.60. The van der Waals surface area contributed by atoms with E-state index in [1.54, 1.807) is 6.07 Å². The number of hydrogen-bond donors (Lipinski definition) is 2. The van der Waals surface area contributed by atoms with Crippen LogP contribution in [0.5, 0.6) is 0 Å². The molecule has 0 unspecified atom stereocenters. The van der Waals surface area contributed by atoms with Crippen LogP contribution in [0.15, 0.2) is 12.1 Å². The summed E-state index contributed by atoms with van der Waals surface area (Å²) in [6, 6.07) is 3.03. The van der Waals surface area contributed by atoms with Gasteiger partial charge in [-0.3, -0.25) is 4.79 Å². The first-order chi connectivity index (χ1) is 9.14. The maximum Gasteiger partial charge on any atom is 0.228 e. The van der Waals surface area contributed by atoms with Crippen LogP contribution in [0, 0.1) is 5.82 Å². The molecule has 3 rings (SSSR count). The molecular formula is C15H19FN2O. The van der Waals surface area contributed by atoms with Crippen molar-refractivity contribution < 1.29 is 9.18 Å². The van der Waals surface area contributed by atoms with Gasteiger partial charge in [0.2, 0.25) is 5.91 Å². The fourth-order valence-corrected chi connectivity index (χ4v) is 3.54. The molecule has 102 valence electrons. The number of halogens is 1. The van der Waals surface area contributed by atoms with E-state index in [0.717, 1.165) is 42.5 Å².